The molecule has 0 bridgehead atoms. The number of anilines is 3. The molecular formula is C20H21N5. The summed E-state index contributed by atoms with van der Waals surface area (Å²) in [6, 6.07) is 14.6. The quantitative estimate of drug-likeness (QED) is 0.786. The summed E-state index contributed by atoms with van der Waals surface area (Å²) in [5, 5.41) is 3.33. The number of nitrogens with zero attached hydrogens (tertiary/aromatic N) is 4. The van der Waals surface area contributed by atoms with Crippen molar-refractivity contribution in [1.29, 1.82) is 0 Å². The van der Waals surface area contributed by atoms with Crippen LogP contribution in [0.15, 0.2) is 54.9 Å². The number of rotatable bonds is 4. The molecule has 1 aromatic carbocycles. The van der Waals surface area contributed by atoms with Gasteiger partial charge in [-0.25, -0.2) is 4.98 Å². The van der Waals surface area contributed by atoms with Crippen molar-refractivity contribution in [1.82, 2.24) is 15.0 Å². The van der Waals surface area contributed by atoms with Gasteiger partial charge in [0.05, 0.1) is 0 Å². The summed E-state index contributed by atoms with van der Waals surface area (Å²) in [5.41, 5.74) is 4.76. The van der Waals surface area contributed by atoms with Gasteiger partial charge in [0.1, 0.15) is 5.82 Å². The Balaban J connectivity index is 1.60. The fourth-order valence-corrected chi connectivity index (χ4v) is 3.22. The van der Waals surface area contributed by atoms with E-state index in [1.165, 1.54) is 11.3 Å². The summed E-state index contributed by atoms with van der Waals surface area (Å²) >= 11 is 0. The lowest BCUT2D eigenvalue weighted by atomic mass is 10.0. The molecule has 0 radical (unpaired) electrons. The van der Waals surface area contributed by atoms with E-state index in [9.17, 15) is 0 Å². The van der Waals surface area contributed by atoms with Crippen LogP contribution in [-0.4, -0.2) is 21.5 Å². The van der Waals surface area contributed by atoms with E-state index in [1.54, 1.807) is 12.4 Å². The van der Waals surface area contributed by atoms with Gasteiger partial charge in [-0.1, -0.05) is 18.2 Å². The van der Waals surface area contributed by atoms with E-state index in [2.05, 4.69) is 50.5 Å². The molecule has 25 heavy (non-hydrogen) atoms. The summed E-state index contributed by atoms with van der Waals surface area (Å²) < 4.78 is 0. The second-order valence-corrected chi connectivity index (χ2v) is 6.28. The number of nitrogens with one attached hydrogen (secondary N) is 1. The molecule has 0 aliphatic carbocycles. The molecule has 1 aliphatic rings. The van der Waals surface area contributed by atoms with Crippen molar-refractivity contribution in [3.05, 3.63) is 71.7 Å². The number of aromatic nitrogens is 3. The second kappa shape index (κ2) is 6.89. The van der Waals surface area contributed by atoms with Gasteiger partial charge in [-0.2, -0.15) is 4.98 Å². The van der Waals surface area contributed by atoms with Crippen molar-refractivity contribution in [3.8, 4) is 0 Å². The molecule has 0 amide bonds. The Morgan fingerprint density at radius 2 is 1.92 bits per heavy atom. The van der Waals surface area contributed by atoms with Gasteiger partial charge >= 0.3 is 0 Å². The van der Waals surface area contributed by atoms with E-state index in [-0.39, 0.29) is 0 Å². The Morgan fingerprint density at radius 3 is 2.80 bits per heavy atom. The number of para-hydroxylation sites is 1. The highest BCUT2D eigenvalue weighted by Gasteiger charge is 2.19. The molecule has 0 atom stereocenters. The smallest absolute Gasteiger partial charge is 0.225 e. The molecule has 0 saturated carbocycles. The zero-order valence-corrected chi connectivity index (χ0v) is 14.3. The van der Waals surface area contributed by atoms with Crippen LogP contribution in [0.1, 0.15) is 23.2 Å². The molecule has 0 spiro atoms. The normalized spacial score (nSPS) is 13.4. The van der Waals surface area contributed by atoms with Crippen LogP contribution in [0, 0.1) is 6.92 Å². The van der Waals surface area contributed by atoms with E-state index >= 15 is 0 Å². The van der Waals surface area contributed by atoms with E-state index in [0.717, 1.165) is 36.5 Å². The highest BCUT2D eigenvalue weighted by molar-refractivity contribution is 5.66. The summed E-state index contributed by atoms with van der Waals surface area (Å²) in [6.45, 7) is 3.68. The first-order chi connectivity index (χ1) is 12.3. The zero-order valence-electron chi connectivity index (χ0n) is 14.3. The van der Waals surface area contributed by atoms with Crippen molar-refractivity contribution in [2.75, 3.05) is 16.8 Å². The predicted octanol–water partition coefficient (Wildman–Crippen LogP) is 3.88. The van der Waals surface area contributed by atoms with Gasteiger partial charge in [-0.3, -0.25) is 4.98 Å². The Bertz CT molecular complexity index is 863. The monoisotopic (exact) mass is 331 g/mol. The summed E-state index contributed by atoms with van der Waals surface area (Å²) in [5.74, 6) is 1.62. The van der Waals surface area contributed by atoms with Crippen LogP contribution in [0.2, 0.25) is 0 Å². The van der Waals surface area contributed by atoms with Gasteiger partial charge in [0.25, 0.3) is 0 Å². The van der Waals surface area contributed by atoms with Crippen LogP contribution in [-0.2, 0) is 13.0 Å². The molecular weight excluding hydrogens is 310 g/mol. The van der Waals surface area contributed by atoms with Crippen LogP contribution in [0.25, 0.3) is 0 Å². The maximum Gasteiger partial charge on any atom is 0.225 e. The second-order valence-electron chi connectivity index (χ2n) is 6.28. The van der Waals surface area contributed by atoms with E-state index in [1.807, 2.05) is 19.1 Å². The first-order valence-electron chi connectivity index (χ1n) is 8.63. The number of benzene rings is 1. The third-order valence-corrected chi connectivity index (χ3v) is 4.43. The van der Waals surface area contributed by atoms with Crippen LogP contribution in [0.5, 0.6) is 0 Å². The Labute approximate surface area is 147 Å². The van der Waals surface area contributed by atoms with Gasteiger partial charge in [0.2, 0.25) is 5.95 Å². The molecule has 0 unspecified atom stereocenters. The van der Waals surface area contributed by atoms with Crippen molar-refractivity contribution >= 4 is 17.5 Å². The first-order valence-corrected chi connectivity index (χ1v) is 8.63. The molecule has 5 heteroatoms. The van der Waals surface area contributed by atoms with Crippen LogP contribution >= 0.6 is 0 Å². The van der Waals surface area contributed by atoms with Crippen LogP contribution < -0.4 is 10.2 Å². The number of aryl methyl sites for hydroxylation is 2. The maximum atomic E-state index is 4.76. The highest BCUT2D eigenvalue weighted by atomic mass is 15.2. The van der Waals surface area contributed by atoms with Gasteiger partial charge in [-0.05, 0) is 49.1 Å². The fraction of sp³-hybridized carbons (Fsp3) is 0.250. The topological polar surface area (TPSA) is 53.9 Å². The molecule has 5 nitrogen and oxygen atoms in total. The molecule has 1 aliphatic heterocycles. The van der Waals surface area contributed by atoms with E-state index in [0.29, 0.717) is 12.5 Å². The third-order valence-electron chi connectivity index (χ3n) is 4.43. The summed E-state index contributed by atoms with van der Waals surface area (Å²) in [7, 11) is 0. The predicted molar refractivity (Wildman–Crippen MR) is 100 cm³/mol. The molecule has 2 aromatic heterocycles. The van der Waals surface area contributed by atoms with Gasteiger partial charge in [0.15, 0.2) is 0 Å². The van der Waals surface area contributed by atoms with Crippen molar-refractivity contribution in [2.45, 2.75) is 26.3 Å². The Kier molecular flexibility index (Phi) is 4.29. The van der Waals surface area contributed by atoms with Crippen molar-refractivity contribution in [2.24, 2.45) is 0 Å². The maximum absolute atomic E-state index is 4.76. The highest BCUT2D eigenvalue weighted by Crippen LogP contribution is 2.32. The third kappa shape index (κ3) is 3.45. The molecule has 1 N–H and O–H groups in total. The van der Waals surface area contributed by atoms with Gasteiger partial charge in [0, 0.05) is 42.9 Å². The first kappa shape index (κ1) is 15.6. The minimum atomic E-state index is 0.662. The Morgan fingerprint density at radius 1 is 1.08 bits per heavy atom. The zero-order chi connectivity index (χ0) is 17.1. The molecule has 3 heterocycles. The Hall–Kier alpha value is -2.95. The van der Waals surface area contributed by atoms with Gasteiger partial charge in [-0.15, -0.1) is 0 Å². The summed E-state index contributed by atoms with van der Waals surface area (Å²) in [4.78, 5) is 15.6. The lowest BCUT2D eigenvalue weighted by Crippen LogP contribution is -2.25. The molecule has 126 valence electrons. The fourth-order valence-electron chi connectivity index (χ4n) is 3.22. The minimum absolute atomic E-state index is 0.662. The number of hydrogen-bond acceptors (Lipinski definition) is 5. The largest absolute Gasteiger partial charge is 0.350 e. The van der Waals surface area contributed by atoms with E-state index < -0.39 is 0 Å². The average molecular weight is 331 g/mol. The lowest BCUT2D eigenvalue weighted by molar-refractivity contribution is 0.758. The van der Waals surface area contributed by atoms with Crippen LogP contribution in [0.3, 0.4) is 0 Å². The molecule has 3 aromatic rings. The average Bonchev–Trinajstić information content (AvgIpc) is 2.66. The number of fused-ring (bicyclic) bond motifs is 1. The van der Waals surface area contributed by atoms with Gasteiger partial charge < -0.3 is 10.2 Å². The molecule has 0 saturated heterocycles. The minimum Gasteiger partial charge on any atom is -0.350 e. The molecule has 4 rings (SSSR count). The number of hydrogen-bond donors (Lipinski definition) is 1. The lowest BCUT2D eigenvalue weighted by Gasteiger charge is -2.30. The van der Waals surface area contributed by atoms with Crippen molar-refractivity contribution < 1.29 is 0 Å². The standard InChI is InChI=1S/C20H21N5/c1-15-13-19(25-12-4-6-17-5-2-3-7-18(17)25)24-20(23-15)22-14-16-8-10-21-11-9-16/h2-3,5,7-11,13H,4,6,12,14H2,1H3,(H,22,23,24). The number of pyridine rings is 1. The van der Waals surface area contributed by atoms with E-state index in [4.69, 9.17) is 4.98 Å². The van der Waals surface area contributed by atoms with Crippen molar-refractivity contribution in [3.63, 3.8) is 0 Å². The van der Waals surface area contributed by atoms with Crippen LogP contribution in [0.4, 0.5) is 17.5 Å². The SMILES string of the molecule is Cc1cc(N2CCCc3ccccc32)nc(NCc2ccncc2)n1. The summed E-state index contributed by atoms with van der Waals surface area (Å²) in [6.07, 6.45) is 5.86. The molecule has 0 fully saturated rings.